The summed E-state index contributed by atoms with van der Waals surface area (Å²) in [5.41, 5.74) is 4.91. The molecular weight excluding hydrogens is 400 g/mol. The van der Waals surface area contributed by atoms with Crippen molar-refractivity contribution in [3.8, 4) is 0 Å². The monoisotopic (exact) mass is 436 g/mol. The Balaban J connectivity index is 1.89. The number of hydrogen-bond acceptors (Lipinski definition) is 4. The zero-order valence-corrected chi connectivity index (χ0v) is 21.4. The standard InChI is InChI=1S/C24H36N4Si2/c1-29(2,3)27(23-16-9-7-10-17-23)25-21-14-13-15-22(20-21)26-28(30(4,5)6)24-18-11-8-12-19-24/h7-12,16-19H,13-15,20H2,1-6H3/b25-21-,26-22+. The highest BCUT2D eigenvalue weighted by molar-refractivity contribution is 6.80. The van der Waals surface area contributed by atoms with Crippen LogP contribution in [0.4, 0.5) is 11.4 Å². The van der Waals surface area contributed by atoms with E-state index in [1.807, 2.05) is 0 Å². The van der Waals surface area contributed by atoms with E-state index >= 15 is 0 Å². The van der Waals surface area contributed by atoms with Crippen molar-refractivity contribution in [2.45, 2.75) is 65.0 Å². The lowest BCUT2D eigenvalue weighted by atomic mass is 9.97. The van der Waals surface area contributed by atoms with Crippen molar-refractivity contribution in [2.24, 2.45) is 10.2 Å². The summed E-state index contributed by atoms with van der Waals surface area (Å²) >= 11 is 0. The van der Waals surface area contributed by atoms with Gasteiger partial charge in [0.15, 0.2) is 16.5 Å². The van der Waals surface area contributed by atoms with Crippen molar-refractivity contribution in [1.29, 1.82) is 0 Å². The van der Waals surface area contributed by atoms with Gasteiger partial charge in [-0.3, -0.25) is 9.35 Å². The van der Waals surface area contributed by atoms with E-state index < -0.39 is 16.5 Å². The summed E-state index contributed by atoms with van der Waals surface area (Å²) in [6, 6.07) is 21.2. The fourth-order valence-corrected chi connectivity index (χ4v) is 6.42. The first-order valence-corrected chi connectivity index (χ1v) is 17.9. The first-order chi connectivity index (χ1) is 14.1. The van der Waals surface area contributed by atoms with Crippen LogP contribution in [0.1, 0.15) is 25.7 Å². The Morgan fingerprint density at radius 2 is 0.967 bits per heavy atom. The predicted octanol–water partition coefficient (Wildman–Crippen LogP) is 6.96. The number of hydrazone groups is 2. The Bertz CT molecular complexity index is 807. The van der Waals surface area contributed by atoms with Crippen molar-refractivity contribution < 1.29 is 0 Å². The second-order valence-corrected chi connectivity index (χ2v) is 19.5. The molecule has 6 heteroatoms. The van der Waals surface area contributed by atoms with Gasteiger partial charge in [-0.15, -0.1) is 0 Å². The summed E-state index contributed by atoms with van der Waals surface area (Å²) in [5, 5.41) is 10.4. The van der Waals surface area contributed by atoms with E-state index in [1.54, 1.807) is 0 Å². The molecule has 160 valence electrons. The molecule has 1 saturated carbocycles. The minimum absolute atomic E-state index is 0.877. The molecule has 0 radical (unpaired) electrons. The number of anilines is 2. The van der Waals surface area contributed by atoms with Gasteiger partial charge in [0.2, 0.25) is 0 Å². The molecule has 2 aromatic carbocycles. The molecule has 0 heterocycles. The second kappa shape index (κ2) is 9.31. The first-order valence-electron chi connectivity index (χ1n) is 11.0. The molecule has 0 atom stereocenters. The van der Waals surface area contributed by atoms with Gasteiger partial charge in [0.05, 0.1) is 0 Å². The predicted molar refractivity (Wildman–Crippen MR) is 138 cm³/mol. The lowest BCUT2D eigenvalue weighted by Crippen LogP contribution is -2.44. The van der Waals surface area contributed by atoms with Gasteiger partial charge in [-0.1, -0.05) is 36.4 Å². The number of benzene rings is 2. The van der Waals surface area contributed by atoms with E-state index in [4.69, 9.17) is 10.2 Å². The maximum atomic E-state index is 5.19. The molecule has 0 bridgehead atoms. The maximum absolute atomic E-state index is 5.19. The molecule has 0 amide bonds. The van der Waals surface area contributed by atoms with Crippen LogP contribution in [0.2, 0.25) is 39.3 Å². The highest BCUT2D eigenvalue weighted by atomic mass is 28.3. The molecule has 1 fully saturated rings. The van der Waals surface area contributed by atoms with Gasteiger partial charge in [-0.05, 0) is 82.8 Å². The highest BCUT2D eigenvalue weighted by Gasteiger charge is 2.28. The van der Waals surface area contributed by atoms with Crippen LogP contribution >= 0.6 is 0 Å². The normalized spacial score (nSPS) is 17.9. The van der Waals surface area contributed by atoms with Crippen LogP contribution in [-0.4, -0.2) is 27.9 Å². The van der Waals surface area contributed by atoms with E-state index in [0.717, 1.165) is 25.7 Å². The van der Waals surface area contributed by atoms with E-state index in [-0.39, 0.29) is 0 Å². The van der Waals surface area contributed by atoms with Crippen molar-refractivity contribution >= 4 is 39.3 Å². The van der Waals surface area contributed by atoms with Gasteiger partial charge in [0.1, 0.15) is 0 Å². The van der Waals surface area contributed by atoms with E-state index in [2.05, 4.69) is 109 Å². The molecular formula is C24H36N4Si2. The van der Waals surface area contributed by atoms with Gasteiger partial charge in [-0.25, -0.2) is 0 Å². The van der Waals surface area contributed by atoms with E-state index in [0.29, 0.717) is 0 Å². The van der Waals surface area contributed by atoms with Crippen LogP contribution in [0.15, 0.2) is 70.9 Å². The van der Waals surface area contributed by atoms with Crippen molar-refractivity contribution in [3.05, 3.63) is 60.7 Å². The molecule has 1 aliphatic carbocycles. The summed E-state index contributed by atoms with van der Waals surface area (Å²) in [6.45, 7) is 14.1. The SMILES string of the molecule is C[Si](C)(C)N(/N=C1/CCC/C(=N\N(c2ccccc2)[Si](C)(C)C)C1)c1ccccc1. The van der Waals surface area contributed by atoms with Crippen LogP contribution in [0.25, 0.3) is 0 Å². The molecule has 0 saturated heterocycles. The summed E-state index contributed by atoms with van der Waals surface area (Å²) in [6.07, 6.45) is 4.12. The van der Waals surface area contributed by atoms with Crippen LogP contribution in [-0.2, 0) is 0 Å². The van der Waals surface area contributed by atoms with Crippen LogP contribution in [0.3, 0.4) is 0 Å². The molecule has 0 unspecified atom stereocenters. The molecule has 4 nitrogen and oxygen atoms in total. The Morgan fingerprint density at radius 1 is 0.600 bits per heavy atom. The molecule has 0 aromatic heterocycles. The molecule has 1 aliphatic rings. The maximum Gasteiger partial charge on any atom is 0.176 e. The summed E-state index contributed by atoms with van der Waals surface area (Å²) in [7, 11) is -3.29. The third-order valence-electron chi connectivity index (χ3n) is 5.09. The lowest BCUT2D eigenvalue weighted by molar-refractivity contribution is 0.856. The van der Waals surface area contributed by atoms with Crippen molar-refractivity contribution in [2.75, 3.05) is 9.35 Å². The molecule has 0 aliphatic heterocycles. The van der Waals surface area contributed by atoms with Gasteiger partial charge < -0.3 is 0 Å². The smallest absolute Gasteiger partial charge is 0.176 e. The summed E-state index contributed by atoms with van der Waals surface area (Å²) in [5.74, 6) is 0. The Hall–Kier alpha value is -2.19. The second-order valence-electron chi connectivity index (χ2n) is 10.00. The average Bonchev–Trinajstić information content (AvgIpc) is 2.70. The summed E-state index contributed by atoms with van der Waals surface area (Å²) in [4.78, 5) is 0. The Morgan fingerprint density at radius 3 is 1.30 bits per heavy atom. The third kappa shape index (κ3) is 5.92. The summed E-state index contributed by atoms with van der Waals surface area (Å²) < 4.78 is 4.61. The van der Waals surface area contributed by atoms with Crippen LogP contribution in [0, 0.1) is 0 Å². The molecule has 0 spiro atoms. The van der Waals surface area contributed by atoms with Gasteiger partial charge in [-0.2, -0.15) is 10.2 Å². The number of hydrogen-bond donors (Lipinski definition) is 0. The fourth-order valence-electron chi connectivity index (χ4n) is 3.69. The van der Waals surface area contributed by atoms with Crippen LogP contribution in [0.5, 0.6) is 0 Å². The zero-order chi connectivity index (χ0) is 21.8. The Labute approximate surface area is 184 Å². The zero-order valence-electron chi connectivity index (χ0n) is 19.4. The number of rotatable bonds is 6. The van der Waals surface area contributed by atoms with Crippen molar-refractivity contribution in [3.63, 3.8) is 0 Å². The molecule has 30 heavy (non-hydrogen) atoms. The van der Waals surface area contributed by atoms with Gasteiger partial charge in [0.25, 0.3) is 0 Å². The third-order valence-corrected chi connectivity index (χ3v) is 8.35. The van der Waals surface area contributed by atoms with E-state index in [1.165, 1.54) is 22.8 Å². The van der Waals surface area contributed by atoms with Gasteiger partial charge in [0, 0.05) is 29.2 Å². The van der Waals surface area contributed by atoms with Gasteiger partial charge >= 0.3 is 0 Å². The topological polar surface area (TPSA) is 31.2 Å². The lowest BCUT2D eigenvalue weighted by Gasteiger charge is -2.34. The van der Waals surface area contributed by atoms with E-state index in [9.17, 15) is 0 Å². The molecule has 0 N–H and O–H groups in total. The highest BCUT2D eigenvalue weighted by Crippen LogP contribution is 2.26. The molecule has 2 aromatic rings. The fraction of sp³-hybridized carbons (Fsp3) is 0.417. The Kier molecular flexibility index (Phi) is 6.98. The largest absolute Gasteiger partial charge is 0.295 e. The quantitative estimate of drug-likeness (QED) is 0.362. The minimum Gasteiger partial charge on any atom is -0.295 e. The average molecular weight is 437 g/mol. The van der Waals surface area contributed by atoms with Crippen molar-refractivity contribution in [1.82, 2.24) is 0 Å². The minimum atomic E-state index is -1.65. The number of nitrogens with zero attached hydrogens (tertiary/aromatic N) is 4. The van der Waals surface area contributed by atoms with Crippen LogP contribution < -0.4 is 9.35 Å². The molecule has 3 rings (SSSR count). The number of para-hydroxylation sites is 2. The first kappa shape index (κ1) is 22.5.